The number of benzene rings is 1. The van der Waals surface area contributed by atoms with Gasteiger partial charge in [0.1, 0.15) is 12.4 Å². The van der Waals surface area contributed by atoms with Crippen LogP contribution in [0.15, 0.2) is 23.4 Å². The smallest absolute Gasteiger partial charge is 0.209 e. The van der Waals surface area contributed by atoms with Crippen LogP contribution in [-0.4, -0.2) is 31.9 Å². The third-order valence-electron chi connectivity index (χ3n) is 3.09. The number of nitrogens with zero attached hydrogens (tertiary/aromatic N) is 4. The van der Waals surface area contributed by atoms with Crippen molar-refractivity contribution in [3.63, 3.8) is 0 Å². The summed E-state index contributed by atoms with van der Waals surface area (Å²) in [5.41, 5.74) is 1.48. The first-order valence-electron chi connectivity index (χ1n) is 6.57. The van der Waals surface area contributed by atoms with Gasteiger partial charge in [0, 0.05) is 11.3 Å². The van der Waals surface area contributed by atoms with Crippen LogP contribution >= 0.6 is 11.8 Å². The second kappa shape index (κ2) is 6.24. The van der Waals surface area contributed by atoms with Crippen molar-refractivity contribution in [1.82, 2.24) is 20.2 Å². The van der Waals surface area contributed by atoms with Crippen molar-refractivity contribution in [3.8, 4) is 11.8 Å². The van der Waals surface area contributed by atoms with E-state index in [1.807, 2.05) is 4.68 Å². The van der Waals surface area contributed by atoms with Gasteiger partial charge in [-0.25, -0.2) is 9.07 Å². The number of hydrogen-bond acceptors (Lipinski definition) is 5. The zero-order valence-electron chi connectivity index (χ0n) is 11.2. The quantitative estimate of drug-likeness (QED) is 0.689. The molecule has 7 heteroatoms. The normalized spacial score (nSPS) is 13.8. The van der Waals surface area contributed by atoms with Crippen LogP contribution < -0.4 is 0 Å². The molecule has 1 aliphatic rings. The molecule has 1 fully saturated rings. The lowest BCUT2D eigenvalue weighted by Crippen LogP contribution is -1.99. The molecule has 1 aromatic heterocycles. The van der Waals surface area contributed by atoms with E-state index in [0.717, 1.165) is 23.6 Å². The van der Waals surface area contributed by atoms with Gasteiger partial charge in [-0.2, -0.15) is 0 Å². The number of aromatic nitrogens is 4. The highest BCUT2D eigenvalue weighted by molar-refractivity contribution is 7.98. The molecule has 1 aliphatic carbocycles. The molecule has 0 amide bonds. The van der Waals surface area contributed by atoms with Crippen molar-refractivity contribution in [2.75, 3.05) is 6.61 Å². The standard InChI is InChI=1S/C14H13FN4OS/c15-12-4-3-11(10(8-12)2-1-7-20)9-21-14-16-17-18-19(14)13-5-6-13/h3-4,8,13,20H,5-7,9H2. The van der Waals surface area contributed by atoms with E-state index < -0.39 is 0 Å². The average molecular weight is 304 g/mol. The van der Waals surface area contributed by atoms with E-state index >= 15 is 0 Å². The van der Waals surface area contributed by atoms with Gasteiger partial charge in [-0.15, -0.1) is 5.10 Å². The number of rotatable bonds is 4. The Balaban J connectivity index is 1.76. The summed E-state index contributed by atoms with van der Waals surface area (Å²) in [6, 6.07) is 4.91. The Kier molecular flexibility index (Phi) is 4.18. The summed E-state index contributed by atoms with van der Waals surface area (Å²) >= 11 is 1.50. The number of hydrogen-bond donors (Lipinski definition) is 1. The number of halogens is 1. The van der Waals surface area contributed by atoms with Crippen molar-refractivity contribution in [1.29, 1.82) is 0 Å². The Morgan fingerprint density at radius 3 is 3.05 bits per heavy atom. The van der Waals surface area contributed by atoms with Crippen LogP contribution in [-0.2, 0) is 5.75 Å². The Labute approximate surface area is 125 Å². The fourth-order valence-corrected chi connectivity index (χ4v) is 2.85. The van der Waals surface area contributed by atoms with Gasteiger partial charge in [-0.05, 0) is 41.0 Å². The van der Waals surface area contributed by atoms with Crippen LogP contribution in [0.5, 0.6) is 0 Å². The molecule has 1 heterocycles. The first-order valence-corrected chi connectivity index (χ1v) is 7.55. The van der Waals surface area contributed by atoms with Gasteiger partial charge in [-0.1, -0.05) is 29.7 Å². The van der Waals surface area contributed by atoms with Crippen LogP contribution in [0.2, 0.25) is 0 Å². The van der Waals surface area contributed by atoms with E-state index in [4.69, 9.17) is 5.11 Å². The molecule has 21 heavy (non-hydrogen) atoms. The van der Waals surface area contributed by atoms with Crippen molar-refractivity contribution in [3.05, 3.63) is 35.1 Å². The maximum absolute atomic E-state index is 13.3. The molecule has 108 valence electrons. The summed E-state index contributed by atoms with van der Waals surface area (Å²) in [4.78, 5) is 0. The molecule has 1 aromatic carbocycles. The van der Waals surface area contributed by atoms with Crippen LogP contribution in [0.3, 0.4) is 0 Å². The molecule has 5 nitrogen and oxygen atoms in total. The van der Waals surface area contributed by atoms with E-state index in [1.54, 1.807) is 6.07 Å². The predicted molar refractivity (Wildman–Crippen MR) is 76.0 cm³/mol. The Morgan fingerprint density at radius 2 is 2.29 bits per heavy atom. The minimum atomic E-state index is -0.339. The second-order valence-corrected chi connectivity index (χ2v) is 5.63. The van der Waals surface area contributed by atoms with Gasteiger partial charge < -0.3 is 5.11 Å². The first-order chi connectivity index (χ1) is 10.3. The number of tetrazole rings is 1. The summed E-state index contributed by atoms with van der Waals surface area (Å²) in [5, 5.41) is 21.2. The highest BCUT2D eigenvalue weighted by Crippen LogP contribution is 2.37. The van der Waals surface area contributed by atoms with E-state index in [0.29, 0.717) is 17.4 Å². The predicted octanol–water partition coefficient (Wildman–Crippen LogP) is 1.78. The highest BCUT2D eigenvalue weighted by atomic mass is 32.2. The maximum Gasteiger partial charge on any atom is 0.209 e. The van der Waals surface area contributed by atoms with Crippen molar-refractivity contribution in [2.24, 2.45) is 0 Å². The summed E-state index contributed by atoms with van der Waals surface area (Å²) in [5.74, 6) is 5.58. The lowest BCUT2D eigenvalue weighted by Gasteiger charge is -2.05. The molecule has 3 rings (SSSR count). The van der Waals surface area contributed by atoms with E-state index in [1.165, 1.54) is 23.9 Å². The SMILES string of the molecule is OCC#Cc1cc(F)ccc1CSc1nnnn1C1CC1. The third-order valence-corrected chi connectivity index (χ3v) is 4.07. The minimum Gasteiger partial charge on any atom is -0.384 e. The highest BCUT2D eigenvalue weighted by Gasteiger charge is 2.27. The second-order valence-electron chi connectivity index (χ2n) is 4.69. The Bertz CT molecular complexity index is 702. The van der Waals surface area contributed by atoms with Gasteiger partial charge in [-0.3, -0.25) is 0 Å². The Morgan fingerprint density at radius 1 is 1.43 bits per heavy atom. The van der Waals surface area contributed by atoms with Crippen molar-refractivity contribution >= 4 is 11.8 Å². The van der Waals surface area contributed by atoms with Crippen LogP contribution in [0.4, 0.5) is 4.39 Å². The van der Waals surface area contributed by atoms with Gasteiger partial charge in [0.2, 0.25) is 5.16 Å². The molecular formula is C14H13FN4OS. The molecule has 0 saturated heterocycles. The summed E-state index contributed by atoms with van der Waals surface area (Å²) in [6.07, 6.45) is 2.23. The summed E-state index contributed by atoms with van der Waals surface area (Å²) < 4.78 is 15.1. The molecule has 0 unspecified atom stereocenters. The van der Waals surface area contributed by atoms with Gasteiger partial charge in [0.25, 0.3) is 0 Å². The maximum atomic E-state index is 13.3. The Hall–Kier alpha value is -1.91. The summed E-state index contributed by atoms with van der Waals surface area (Å²) in [6.45, 7) is -0.247. The lowest BCUT2D eigenvalue weighted by atomic mass is 10.1. The largest absolute Gasteiger partial charge is 0.384 e. The van der Waals surface area contributed by atoms with Gasteiger partial charge in [0.05, 0.1) is 6.04 Å². The topological polar surface area (TPSA) is 63.8 Å². The van der Waals surface area contributed by atoms with Crippen LogP contribution in [0.25, 0.3) is 0 Å². The number of aliphatic hydroxyl groups excluding tert-OH is 1. The molecule has 1 saturated carbocycles. The summed E-state index contributed by atoms with van der Waals surface area (Å²) in [7, 11) is 0. The molecule has 1 N–H and O–H groups in total. The lowest BCUT2D eigenvalue weighted by molar-refractivity contribution is 0.350. The fraction of sp³-hybridized carbons (Fsp3) is 0.357. The van der Waals surface area contributed by atoms with Crippen molar-refractivity contribution < 1.29 is 9.50 Å². The number of thioether (sulfide) groups is 1. The molecule has 2 aromatic rings. The first kappa shape index (κ1) is 14.0. The number of aliphatic hydroxyl groups is 1. The minimum absolute atomic E-state index is 0.247. The molecule has 0 radical (unpaired) electrons. The van der Waals surface area contributed by atoms with E-state index in [2.05, 4.69) is 27.4 Å². The fourth-order valence-electron chi connectivity index (χ4n) is 1.90. The van der Waals surface area contributed by atoms with E-state index in [9.17, 15) is 4.39 Å². The van der Waals surface area contributed by atoms with Gasteiger partial charge in [0.15, 0.2) is 0 Å². The van der Waals surface area contributed by atoms with E-state index in [-0.39, 0.29) is 12.4 Å². The molecular weight excluding hydrogens is 291 g/mol. The van der Waals surface area contributed by atoms with Crippen molar-refractivity contribution in [2.45, 2.75) is 29.8 Å². The zero-order valence-corrected chi connectivity index (χ0v) is 12.0. The molecule has 0 aliphatic heterocycles. The monoisotopic (exact) mass is 304 g/mol. The molecule has 0 bridgehead atoms. The molecule has 0 atom stereocenters. The third kappa shape index (κ3) is 3.40. The zero-order chi connectivity index (χ0) is 14.7. The van der Waals surface area contributed by atoms with Crippen LogP contribution in [0, 0.1) is 17.7 Å². The molecule has 0 spiro atoms. The van der Waals surface area contributed by atoms with Crippen LogP contribution in [0.1, 0.15) is 30.0 Å². The average Bonchev–Trinajstić information content (AvgIpc) is 3.23. The van der Waals surface area contributed by atoms with Gasteiger partial charge >= 0.3 is 0 Å².